The summed E-state index contributed by atoms with van der Waals surface area (Å²) in [6, 6.07) is 10.6. The van der Waals surface area contributed by atoms with E-state index in [1.54, 1.807) is 24.3 Å². The van der Waals surface area contributed by atoms with Crippen LogP contribution in [0.5, 0.6) is 11.5 Å². The normalized spacial score (nSPS) is 10.7. The molecule has 1 N–H and O–H groups in total. The molecule has 0 unspecified atom stereocenters. The van der Waals surface area contributed by atoms with E-state index in [1.165, 1.54) is 30.4 Å². The molecule has 0 amide bonds. The van der Waals surface area contributed by atoms with Crippen molar-refractivity contribution in [2.75, 3.05) is 6.61 Å². The standard InChI is InChI=1S/C17H15NO5/c1-2-23-14-7-5-13(6-8-14)16(19)9-3-12-4-10-17(20)15(11-12)18(21)22/h3-11,20H,2H2,1H3/b9-3+. The summed E-state index contributed by atoms with van der Waals surface area (Å²) >= 11 is 0. The van der Waals surface area contributed by atoms with Gasteiger partial charge in [0.15, 0.2) is 11.5 Å². The molecular formula is C17H15NO5. The van der Waals surface area contributed by atoms with Crippen LogP contribution >= 0.6 is 0 Å². The molecule has 0 aromatic heterocycles. The molecular weight excluding hydrogens is 298 g/mol. The van der Waals surface area contributed by atoms with Gasteiger partial charge in [0.25, 0.3) is 0 Å². The van der Waals surface area contributed by atoms with Crippen LogP contribution in [0.25, 0.3) is 6.08 Å². The Morgan fingerprint density at radius 1 is 1.26 bits per heavy atom. The number of benzene rings is 2. The van der Waals surface area contributed by atoms with Gasteiger partial charge in [-0.3, -0.25) is 14.9 Å². The van der Waals surface area contributed by atoms with E-state index >= 15 is 0 Å². The molecule has 0 spiro atoms. The average molecular weight is 313 g/mol. The summed E-state index contributed by atoms with van der Waals surface area (Å²) in [7, 11) is 0. The first-order valence-electron chi connectivity index (χ1n) is 6.94. The first-order chi connectivity index (χ1) is 11.0. The van der Waals surface area contributed by atoms with E-state index in [0.717, 1.165) is 0 Å². The number of nitro benzene ring substituents is 1. The largest absolute Gasteiger partial charge is 0.502 e. The van der Waals surface area contributed by atoms with Crippen LogP contribution in [0.4, 0.5) is 5.69 Å². The average Bonchev–Trinajstić information content (AvgIpc) is 2.54. The Morgan fingerprint density at radius 3 is 2.57 bits per heavy atom. The van der Waals surface area contributed by atoms with E-state index in [1.807, 2.05) is 6.92 Å². The first kappa shape index (κ1) is 16.2. The Hall–Kier alpha value is -3.15. The topological polar surface area (TPSA) is 89.7 Å². The van der Waals surface area contributed by atoms with Crippen LogP contribution in [0.15, 0.2) is 48.5 Å². The molecule has 118 valence electrons. The van der Waals surface area contributed by atoms with Crippen LogP contribution in [0.3, 0.4) is 0 Å². The highest BCUT2D eigenvalue weighted by molar-refractivity contribution is 6.06. The lowest BCUT2D eigenvalue weighted by Gasteiger charge is -2.02. The van der Waals surface area contributed by atoms with Gasteiger partial charge in [-0.2, -0.15) is 0 Å². The molecule has 0 saturated carbocycles. The molecule has 0 bridgehead atoms. The minimum Gasteiger partial charge on any atom is -0.502 e. The predicted molar refractivity (Wildman–Crippen MR) is 85.7 cm³/mol. The third-order valence-electron chi connectivity index (χ3n) is 3.07. The van der Waals surface area contributed by atoms with Crippen LogP contribution in [0.1, 0.15) is 22.8 Å². The third-order valence-corrected chi connectivity index (χ3v) is 3.07. The van der Waals surface area contributed by atoms with Gasteiger partial charge in [0.05, 0.1) is 11.5 Å². The van der Waals surface area contributed by atoms with Crippen molar-refractivity contribution >= 4 is 17.5 Å². The Balaban J connectivity index is 2.14. The van der Waals surface area contributed by atoms with Gasteiger partial charge < -0.3 is 9.84 Å². The molecule has 6 heteroatoms. The molecule has 23 heavy (non-hydrogen) atoms. The number of carbonyl (C=O) groups is 1. The van der Waals surface area contributed by atoms with Crippen LogP contribution < -0.4 is 4.74 Å². The SMILES string of the molecule is CCOc1ccc(C(=O)/C=C/c2ccc(O)c([N+](=O)[O-])c2)cc1. The van der Waals surface area contributed by atoms with Crippen LogP contribution in [0, 0.1) is 10.1 Å². The molecule has 0 aliphatic heterocycles. The summed E-state index contributed by atoms with van der Waals surface area (Å²) in [4.78, 5) is 22.1. The van der Waals surface area contributed by atoms with E-state index in [-0.39, 0.29) is 5.78 Å². The fourth-order valence-electron chi connectivity index (χ4n) is 1.94. The fourth-order valence-corrected chi connectivity index (χ4v) is 1.94. The number of allylic oxidation sites excluding steroid dienone is 1. The van der Waals surface area contributed by atoms with Crippen molar-refractivity contribution in [2.45, 2.75) is 6.92 Å². The molecule has 0 aliphatic carbocycles. The van der Waals surface area contributed by atoms with Gasteiger partial charge in [-0.05, 0) is 48.9 Å². The second-order valence-corrected chi connectivity index (χ2v) is 4.66. The van der Waals surface area contributed by atoms with Gasteiger partial charge in [0.2, 0.25) is 0 Å². The summed E-state index contributed by atoms with van der Waals surface area (Å²) in [5.41, 5.74) is 0.535. The summed E-state index contributed by atoms with van der Waals surface area (Å²) in [5, 5.41) is 20.1. The molecule has 2 aromatic carbocycles. The van der Waals surface area contributed by atoms with Crippen molar-refractivity contribution in [1.82, 2.24) is 0 Å². The molecule has 0 fully saturated rings. The lowest BCUT2D eigenvalue weighted by Crippen LogP contribution is -1.96. The summed E-state index contributed by atoms with van der Waals surface area (Å²) < 4.78 is 5.30. The molecule has 6 nitrogen and oxygen atoms in total. The molecule has 0 aliphatic rings. The number of ketones is 1. The highest BCUT2D eigenvalue weighted by Gasteiger charge is 2.12. The monoisotopic (exact) mass is 313 g/mol. The number of nitrogens with zero attached hydrogens (tertiary/aromatic N) is 1. The van der Waals surface area contributed by atoms with E-state index in [0.29, 0.717) is 23.5 Å². The van der Waals surface area contributed by atoms with Crippen LogP contribution in [0.2, 0.25) is 0 Å². The van der Waals surface area contributed by atoms with E-state index in [9.17, 15) is 20.0 Å². The van der Waals surface area contributed by atoms with Crippen molar-refractivity contribution in [3.8, 4) is 11.5 Å². The number of ether oxygens (including phenoxy) is 1. The minimum absolute atomic E-state index is 0.233. The fraction of sp³-hybridized carbons (Fsp3) is 0.118. The molecule has 2 rings (SSSR count). The quantitative estimate of drug-likeness (QED) is 0.381. The summed E-state index contributed by atoms with van der Waals surface area (Å²) in [5.74, 6) is 0.0379. The van der Waals surface area contributed by atoms with Crippen molar-refractivity contribution in [3.63, 3.8) is 0 Å². The lowest BCUT2D eigenvalue weighted by atomic mass is 10.1. The number of aromatic hydroxyl groups is 1. The van der Waals surface area contributed by atoms with E-state index < -0.39 is 16.4 Å². The van der Waals surface area contributed by atoms with E-state index in [2.05, 4.69) is 0 Å². The highest BCUT2D eigenvalue weighted by Crippen LogP contribution is 2.26. The van der Waals surface area contributed by atoms with Gasteiger partial charge in [-0.25, -0.2) is 0 Å². The molecule has 0 radical (unpaired) electrons. The second kappa shape index (κ2) is 7.22. The lowest BCUT2D eigenvalue weighted by molar-refractivity contribution is -0.385. The highest BCUT2D eigenvalue weighted by atomic mass is 16.6. The number of nitro groups is 1. The summed E-state index contributed by atoms with van der Waals surface area (Å²) in [6.45, 7) is 2.42. The van der Waals surface area contributed by atoms with Gasteiger partial charge in [-0.15, -0.1) is 0 Å². The van der Waals surface area contributed by atoms with Crippen LogP contribution in [-0.2, 0) is 0 Å². The second-order valence-electron chi connectivity index (χ2n) is 4.66. The summed E-state index contributed by atoms with van der Waals surface area (Å²) in [6.07, 6.45) is 2.79. The molecule has 0 atom stereocenters. The Morgan fingerprint density at radius 2 is 1.96 bits per heavy atom. The zero-order valence-electron chi connectivity index (χ0n) is 12.4. The maximum atomic E-state index is 12.1. The van der Waals surface area contributed by atoms with Gasteiger partial charge in [0.1, 0.15) is 5.75 Å². The number of hydrogen-bond donors (Lipinski definition) is 1. The number of carbonyl (C=O) groups excluding carboxylic acids is 1. The Labute approximate surface area is 132 Å². The Bertz CT molecular complexity index is 750. The molecule has 0 heterocycles. The zero-order valence-corrected chi connectivity index (χ0v) is 12.4. The number of phenols is 1. The third kappa shape index (κ3) is 4.16. The van der Waals surface area contributed by atoms with Crippen molar-refractivity contribution < 1.29 is 19.6 Å². The van der Waals surface area contributed by atoms with E-state index in [4.69, 9.17) is 4.74 Å². The van der Waals surface area contributed by atoms with Gasteiger partial charge in [0, 0.05) is 11.6 Å². The maximum Gasteiger partial charge on any atom is 0.311 e. The molecule has 2 aromatic rings. The van der Waals surface area contributed by atoms with Crippen molar-refractivity contribution in [3.05, 3.63) is 69.8 Å². The van der Waals surface area contributed by atoms with Crippen molar-refractivity contribution in [1.29, 1.82) is 0 Å². The predicted octanol–water partition coefficient (Wildman–Crippen LogP) is 3.60. The number of phenolic OH excluding ortho intramolecular Hbond substituents is 1. The minimum atomic E-state index is -0.680. The molecule has 0 saturated heterocycles. The first-order valence-corrected chi connectivity index (χ1v) is 6.94. The number of rotatable bonds is 6. The smallest absolute Gasteiger partial charge is 0.311 e. The van der Waals surface area contributed by atoms with Crippen LogP contribution in [-0.4, -0.2) is 22.4 Å². The van der Waals surface area contributed by atoms with Gasteiger partial charge in [-0.1, -0.05) is 12.1 Å². The Kier molecular flexibility index (Phi) is 5.09. The van der Waals surface area contributed by atoms with Gasteiger partial charge >= 0.3 is 5.69 Å². The van der Waals surface area contributed by atoms with Crippen molar-refractivity contribution in [2.24, 2.45) is 0 Å². The zero-order chi connectivity index (χ0) is 16.8. The maximum absolute atomic E-state index is 12.1. The number of hydrogen-bond acceptors (Lipinski definition) is 5.